The lowest BCUT2D eigenvalue weighted by molar-refractivity contribution is 0.0948. The number of amides is 1. The lowest BCUT2D eigenvalue weighted by atomic mass is 10.2. The molecule has 1 aromatic carbocycles. The average Bonchev–Trinajstić information content (AvgIpc) is 3.19. The zero-order valence-corrected chi connectivity index (χ0v) is 10.3. The van der Waals surface area contributed by atoms with Gasteiger partial charge in [0.25, 0.3) is 5.91 Å². The molecule has 0 aliphatic heterocycles. The number of halogens is 3. The van der Waals surface area contributed by atoms with E-state index in [1.807, 2.05) is 0 Å². The topological polar surface area (TPSA) is 41.1 Å². The molecule has 0 unspecified atom stereocenters. The molecule has 0 radical (unpaired) electrons. The number of carbonyl (C=O) groups excluding carboxylic acids is 1. The van der Waals surface area contributed by atoms with Crippen LogP contribution in [-0.2, 0) is 0 Å². The minimum atomic E-state index is -1.62. The Kier molecular flexibility index (Phi) is 4.42. The first-order valence-corrected chi connectivity index (χ1v) is 6.24. The molecule has 1 saturated carbocycles. The van der Waals surface area contributed by atoms with Crippen molar-refractivity contribution in [3.05, 3.63) is 35.1 Å². The van der Waals surface area contributed by atoms with E-state index in [4.69, 9.17) is 0 Å². The van der Waals surface area contributed by atoms with Crippen molar-refractivity contribution < 1.29 is 18.0 Å². The first kappa shape index (κ1) is 13.9. The van der Waals surface area contributed by atoms with Crippen LogP contribution in [0.5, 0.6) is 0 Å². The van der Waals surface area contributed by atoms with E-state index < -0.39 is 28.9 Å². The quantitative estimate of drug-likeness (QED) is 0.614. The number of hydrogen-bond donors (Lipinski definition) is 2. The zero-order valence-electron chi connectivity index (χ0n) is 10.3. The highest BCUT2D eigenvalue weighted by atomic mass is 19.2. The van der Waals surface area contributed by atoms with Gasteiger partial charge in [0.05, 0.1) is 5.56 Å². The van der Waals surface area contributed by atoms with Gasteiger partial charge < -0.3 is 10.6 Å². The molecule has 0 spiro atoms. The standard InChI is InChI=1S/C13H15F3N2O/c14-10-5-4-9(11(15)12(10)16)13(19)18-7-1-6-17-8-2-3-8/h4-5,8,17H,1-3,6-7H2,(H,18,19). The molecule has 1 aliphatic carbocycles. The predicted octanol–water partition coefficient (Wildman–Crippen LogP) is 1.98. The monoisotopic (exact) mass is 272 g/mol. The fourth-order valence-corrected chi connectivity index (χ4v) is 1.68. The van der Waals surface area contributed by atoms with Crippen molar-refractivity contribution >= 4 is 5.91 Å². The second-order valence-electron chi connectivity index (χ2n) is 4.56. The molecule has 6 heteroatoms. The van der Waals surface area contributed by atoms with Crippen molar-refractivity contribution in [2.24, 2.45) is 0 Å². The summed E-state index contributed by atoms with van der Waals surface area (Å²) in [5, 5.41) is 5.74. The maximum Gasteiger partial charge on any atom is 0.254 e. The van der Waals surface area contributed by atoms with Crippen LogP contribution in [0.1, 0.15) is 29.6 Å². The third kappa shape index (κ3) is 3.70. The van der Waals surface area contributed by atoms with Crippen molar-refractivity contribution in [2.45, 2.75) is 25.3 Å². The Morgan fingerprint density at radius 1 is 1.16 bits per heavy atom. The van der Waals surface area contributed by atoms with Crippen molar-refractivity contribution in [3.8, 4) is 0 Å². The van der Waals surface area contributed by atoms with Crippen molar-refractivity contribution in [1.29, 1.82) is 0 Å². The van der Waals surface area contributed by atoms with Crippen LogP contribution in [0.4, 0.5) is 13.2 Å². The summed E-state index contributed by atoms with van der Waals surface area (Å²) in [6.07, 6.45) is 3.08. The second kappa shape index (κ2) is 6.06. The highest BCUT2D eigenvalue weighted by Gasteiger charge is 2.20. The van der Waals surface area contributed by atoms with Gasteiger partial charge in [0.1, 0.15) is 0 Å². The molecule has 19 heavy (non-hydrogen) atoms. The Morgan fingerprint density at radius 3 is 2.58 bits per heavy atom. The molecule has 0 atom stereocenters. The summed E-state index contributed by atoms with van der Waals surface area (Å²) in [5.74, 6) is -5.11. The van der Waals surface area contributed by atoms with E-state index in [0.29, 0.717) is 19.0 Å². The molecule has 104 valence electrons. The molecule has 0 bridgehead atoms. The van der Waals surface area contributed by atoms with Gasteiger partial charge in [-0.1, -0.05) is 0 Å². The van der Waals surface area contributed by atoms with E-state index >= 15 is 0 Å². The molecule has 0 aromatic heterocycles. The maximum atomic E-state index is 13.3. The van der Waals surface area contributed by atoms with E-state index in [9.17, 15) is 18.0 Å². The van der Waals surface area contributed by atoms with Crippen molar-refractivity contribution in [2.75, 3.05) is 13.1 Å². The Hall–Kier alpha value is -1.56. The van der Waals surface area contributed by atoms with E-state index in [2.05, 4.69) is 10.6 Å². The largest absolute Gasteiger partial charge is 0.352 e. The molecule has 1 amide bonds. The Balaban J connectivity index is 1.80. The molecular formula is C13H15F3N2O. The SMILES string of the molecule is O=C(NCCCNC1CC1)c1ccc(F)c(F)c1F. The van der Waals surface area contributed by atoms with Gasteiger partial charge in [-0.25, -0.2) is 13.2 Å². The number of rotatable bonds is 6. The van der Waals surface area contributed by atoms with Crippen LogP contribution in [0.2, 0.25) is 0 Å². The molecular weight excluding hydrogens is 257 g/mol. The summed E-state index contributed by atoms with van der Waals surface area (Å²) in [4.78, 5) is 11.6. The lowest BCUT2D eigenvalue weighted by Gasteiger charge is -2.07. The molecule has 1 fully saturated rings. The van der Waals surface area contributed by atoms with Gasteiger partial charge in [-0.3, -0.25) is 4.79 Å². The van der Waals surface area contributed by atoms with Gasteiger partial charge in [0.15, 0.2) is 17.5 Å². The molecule has 0 saturated heterocycles. The summed E-state index contributed by atoms with van der Waals surface area (Å²) in [5.41, 5.74) is -0.478. The van der Waals surface area contributed by atoms with Gasteiger partial charge in [0, 0.05) is 12.6 Å². The molecule has 2 N–H and O–H groups in total. The summed E-state index contributed by atoms with van der Waals surface area (Å²) >= 11 is 0. The Morgan fingerprint density at radius 2 is 1.89 bits per heavy atom. The maximum absolute atomic E-state index is 13.3. The predicted molar refractivity (Wildman–Crippen MR) is 64.3 cm³/mol. The normalized spacial score (nSPS) is 14.5. The zero-order chi connectivity index (χ0) is 13.8. The van der Waals surface area contributed by atoms with E-state index in [1.165, 1.54) is 12.8 Å². The highest BCUT2D eigenvalue weighted by molar-refractivity contribution is 5.94. The minimum Gasteiger partial charge on any atom is -0.352 e. The minimum absolute atomic E-state index is 0.358. The fraction of sp³-hybridized carbons (Fsp3) is 0.462. The fourth-order valence-electron chi connectivity index (χ4n) is 1.68. The van der Waals surface area contributed by atoms with E-state index in [1.54, 1.807) is 0 Å². The lowest BCUT2D eigenvalue weighted by Crippen LogP contribution is -2.28. The molecule has 1 aromatic rings. The summed E-state index contributed by atoms with van der Waals surface area (Å²) in [7, 11) is 0. The van der Waals surface area contributed by atoms with Gasteiger partial charge in [-0.15, -0.1) is 0 Å². The second-order valence-corrected chi connectivity index (χ2v) is 4.56. The first-order valence-electron chi connectivity index (χ1n) is 6.24. The van der Waals surface area contributed by atoms with Crippen LogP contribution in [-0.4, -0.2) is 25.0 Å². The molecule has 0 heterocycles. The van der Waals surface area contributed by atoms with Gasteiger partial charge in [-0.05, 0) is 37.9 Å². The van der Waals surface area contributed by atoms with Crippen LogP contribution in [0.25, 0.3) is 0 Å². The van der Waals surface area contributed by atoms with E-state index in [-0.39, 0.29) is 0 Å². The smallest absolute Gasteiger partial charge is 0.254 e. The third-order valence-corrected chi connectivity index (χ3v) is 2.93. The van der Waals surface area contributed by atoms with Crippen LogP contribution < -0.4 is 10.6 Å². The van der Waals surface area contributed by atoms with Crippen molar-refractivity contribution in [3.63, 3.8) is 0 Å². The first-order chi connectivity index (χ1) is 9.09. The van der Waals surface area contributed by atoms with Crippen LogP contribution in [0, 0.1) is 17.5 Å². The number of nitrogens with one attached hydrogen (secondary N) is 2. The summed E-state index contributed by atoms with van der Waals surface area (Å²) in [6, 6.07) is 2.27. The van der Waals surface area contributed by atoms with Gasteiger partial charge in [0.2, 0.25) is 0 Å². The molecule has 1 aliphatic rings. The van der Waals surface area contributed by atoms with Crippen LogP contribution in [0.3, 0.4) is 0 Å². The number of carbonyl (C=O) groups is 1. The Labute approximate surface area is 109 Å². The Bertz CT molecular complexity index is 475. The van der Waals surface area contributed by atoms with Gasteiger partial charge in [-0.2, -0.15) is 0 Å². The summed E-state index contributed by atoms with van der Waals surface area (Å²) < 4.78 is 39.0. The van der Waals surface area contributed by atoms with Crippen LogP contribution in [0.15, 0.2) is 12.1 Å². The number of benzene rings is 1. The van der Waals surface area contributed by atoms with E-state index in [0.717, 1.165) is 18.7 Å². The molecule has 3 nitrogen and oxygen atoms in total. The van der Waals surface area contributed by atoms with Crippen molar-refractivity contribution in [1.82, 2.24) is 10.6 Å². The number of hydrogen-bond acceptors (Lipinski definition) is 2. The molecule has 2 rings (SSSR count). The average molecular weight is 272 g/mol. The third-order valence-electron chi connectivity index (χ3n) is 2.93. The van der Waals surface area contributed by atoms with Crippen LogP contribution >= 0.6 is 0 Å². The highest BCUT2D eigenvalue weighted by Crippen LogP contribution is 2.18. The van der Waals surface area contributed by atoms with Gasteiger partial charge >= 0.3 is 0 Å². The summed E-state index contributed by atoms with van der Waals surface area (Å²) in [6.45, 7) is 1.13.